The number of fused-ring (bicyclic) bond motifs is 3. The van der Waals surface area contributed by atoms with Crippen LogP contribution < -0.4 is 21.1 Å². The molecule has 24 heavy (non-hydrogen) atoms. The molecule has 2 aromatic rings. The van der Waals surface area contributed by atoms with Crippen LogP contribution in [0.15, 0.2) is 0 Å². The van der Waals surface area contributed by atoms with E-state index in [1.807, 2.05) is 18.7 Å². The lowest BCUT2D eigenvalue weighted by Gasteiger charge is -2.23. The molecular weight excluding hydrogens is 304 g/mol. The zero-order valence-electron chi connectivity index (χ0n) is 14.3. The maximum atomic E-state index is 9.83. The summed E-state index contributed by atoms with van der Waals surface area (Å²) in [6, 6.07) is 2.31. The van der Waals surface area contributed by atoms with Crippen molar-refractivity contribution in [2.24, 2.45) is 0 Å². The van der Waals surface area contributed by atoms with E-state index in [4.69, 9.17) is 16.2 Å². The summed E-state index contributed by atoms with van der Waals surface area (Å²) in [5, 5.41) is 11.1. The van der Waals surface area contributed by atoms with Gasteiger partial charge in [-0.05, 0) is 20.3 Å². The first-order valence-electron chi connectivity index (χ1n) is 8.28. The molecule has 0 aliphatic carbocycles. The molecule has 7 nitrogen and oxygen atoms in total. The number of nitrogen functional groups attached to an aromatic ring is 2. The number of ether oxygens (including phenoxy) is 1. The third-order valence-electron chi connectivity index (χ3n) is 4.58. The summed E-state index contributed by atoms with van der Waals surface area (Å²) in [5.74, 6) is 1.67. The Morgan fingerprint density at radius 3 is 2.42 bits per heavy atom. The van der Waals surface area contributed by atoms with E-state index in [9.17, 15) is 5.26 Å². The van der Waals surface area contributed by atoms with Crippen LogP contribution in [0.4, 0.5) is 17.5 Å². The van der Waals surface area contributed by atoms with E-state index in [1.165, 1.54) is 0 Å². The third kappa shape index (κ3) is 2.26. The molecule has 1 atom stereocenters. The molecule has 0 amide bonds. The summed E-state index contributed by atoms with van der Waals surface area (Å²) in [6.45, 7) is 7.58. The van der Waals surface area contributed by atoms with E-state index in [0.717, 1.165) is 30.5 Å². The smallest absolute Gasteiger partial charge is 0.219 e. The molecule has 126 valence electrons. The average molecular weight is 326 g/mol. The molecule has 0 fully saturated rings. The van der Waals surface area contributed by atoms with Crippen molar-refractivity contribution in [3.8, 4) is 11.9 Å². The number of anilines is 3. The minimum atomic E-state index is 0.0512. The van der Waals surface area contributed by atoms with Gasteiger partial charge in [0.25, 0.3) is 0 Å². The van der Waals surface area contributed by atoms with Gasteiger partial charge in [-0.2, -0.15) is 10.2 Å². The Hall–Kier alpha value is -2.75. The molecule has 7 heteroatoms. The Bertz CT molecular complexity index is 838. The zero-order valence-corrected chi connectivity index (χ0v) is 14.3. The van der Waals surface area contributed by atoms with Crippen molar-refractivity contribution >= 4 is 28.2 Å². The molecule has 0 saturated carbocycles. The van der Waals surface area contributed by atoms with E-state index >= 15 is 0 Å². The Labute approximate surface area is 141 Å². The highest BCUT2D eigenvalue weighted by Crippen LogP contribution is 2.42. The van der Waals surface area contributed by atoms with Crippen LogP contribution in [0, 0.1) is 11.3 Å². The van der Waals surface area contributed by atoms with Gasteiger partial charge in [0.15, 0.2) is 0 Å². The Morgan fingerprint density at radius 1 is 1.17 bits per heavy atom. The Balaban J connectivity index is 2.40. The maximum Gasteiger partial charge on any atom is 0.219 e. The van der Waals surface area contributed by atoms with Gasteiger partial charge in [-0.3, -0.25) is 0 Å². The van der Waals surface area contributed by atoms with E-state index in [2.05, 4.69) is 23.0 Å². The number of pyridine rings is 2. The van der Waals surface area contributed by atoms with Crippen LogP contribution in [0.25, 0.3) is 10.8 Å². The first-order chi connectivity index (χ1) is 11.5. The van der Waals surface area contributed by atoms with Crippen LogP contribution in [-0.4, -0.2) is 29.2 Å². The first kappa shape index (κ1) is 16.1. The molecule has 0 radical (unpaired) electrons. The molecule has 0 spiro atoms. The SMILES string of the molecule is CCC1Cc2c(nc(N)c3c(N)nc(N(CC)CC)c(C#N)c23)O1. The van der Waals surface area contributed by atoms with Gasteiger partial charge < -0.3 is 21.1 Å². The number of rotatable bonds is 4. The lowest BCUT2D eigenvalue weighted by molar-refractivity contribution is 0.221. The van der Waals surface area contributed by atoms with Crippen molar-refractivity contribution in [3.05, 3.63) is 11.1 Å². The molecule has 3 heterocycles. The zero-order chi connectivity index (χ0) is 17.4. The number of nitrogens with zero attached hydrogens (tertiary/aromatic N) is 4. The van der Waals surface area contributed by atoms with Crippen LogP contribution in [0.3, 0.4) is 0 Å². The number of aromatic nitrogens is 2. The van der Waals surface area contributed by atoms with Gasteiger partial charge in [0, 0.05) is 30.5 Å². The van der Waals surface area contributed by atoms with E-state index in [-0.39, 0.29) is 11.9 Å². The summed E-state index contributed by atoms with van der Waals surface area (Å²) in [4.78, 5) is 10.8. The molecule has 4 N–H and O–H groups in total. The topological polar surface area (TPSA) is 114 Å². The van der Waals surface area contributed by atoms with Gasteiger partial charge in [0.05, 0.1) is 5.39 Å². The highest BCUT2D eigenvalue weighted by molar-refractivity contribution is 6.06. The van der Waals surface area contributed by atoms with Gasteiger partial charge in [-0.15, -0.1) is 0 Å². The highest BCUT2D eigenvalue weighted by Gasteiger charge is 2.30. The summed E-state index contributed by atoms with van der Waals surface area (Å²) >= 11 is 0. The van der Waals surface area contributed by atoms with E-state index in [1.54, 1.807) is 0 Å². The summed E-state index contributed by atoms with van der Waals surface area (Å²) in [6.07, 6.45) is 1.62. The molecule has 0 bridgehead atoms. The van der Waals surface area contributed by atoms with Crippen LogP contribution in [-0.2, 0) is 6.42 Å². The fourth-order valence-corrected chi connectivity index (χ4v) is 3.29. The van der Waals surface area contributed by atoms with Crippen molar-refractivity contribution in [1.82, 2.24) is 9.97 Å². The van der Waals surface area contributed by atoms with Crippen LogP contribution in [0.2, 0.25) is 0 Å². The second-order valence-corrected chi connectivity index (χ2v) is 5.86. The Morgan fingerprint density at radius 2 is 1.83 bits per heavy atom. The highest BCUT2D eigenvalue weighted by atomic mass is 16.5. The molecule has 1 unspecified atom stereocenters. The molecule has 3 rings (SSSR count). The fourth-order valence-electron chi connectivity index (χ4n) is 3.29. The average Bonchev–Trinajstić information content (AvgIpc) is 2.98. The normalized spacial score (nSPS) is 15.8. The van der Waals surface area contributed by atoms with Gasteiger partial charge in [0.1, 0.15) is 35.2 Å². The molecule has 0 aromatic carbocycles. The predicted octanol–water partition coefficient (Wildman–Crippen LogP) is 2.23. The lowest BCUT2D eigenvalue weighted by Crippen LogP contribution is -2.24. The van der Waals surface area contributed by atoms with E-state index < -0.39 is 0 Å². The fraction of sp³-hybridized carbons (Fsp3) is 0.471. The van der Waals surface area contributed by atoms with E-state index in [0.29, 0.717) is 34.9 Å². The van der Waals surface area contributed by atoms with Crippen molar-refractivity contribution in [2.75, 3.05) is 29.5 Å². The minimum Gasteiger partial charge on any atom is -0.474 e. The molecule has 0 saturated heterocycles. The number of hydrogen-bond donors (Lipinski definition) is 2. The number of nitrogens with two attached hydrogens (primary N) is 2. The standard InChI is InChI=1S/C17H22N6O/c1-4-9-7-10-12-11(8-18)16(23(5-2)6-3)21-14(19)13(12)15(20)22-17(10)24-9/h9H,4-7H2,1-3H3,(H2,19,21)(H2,20,22). The number of nitriles is 1. The minimum absolute atomic E-state index is 0.0512. The van der Waals surface area contributed by atoms with Gasteiger partial charge in [-0.1, -0.05) is 6.92 Å². The van der Waals surface area contributed by atoms with Gasteiger partial charge in [-0.25, -0.2) is 4.98 Å². The molecule has 1 aliphatic heterocycles. The van der Waals surface area contributed by atoms with Crippen LogP contribution >= 0.6 is 0 Å². The van der Waals surface area contributed by atoms with Gasteiger partial charge in [0.2, 0.25) is 5.88 Å². The largest absolute Gasteiger partial charge is 0.474 e. The van der Waals surface area contributed by atoms with Crippen molar-refractivity contribution in [1.29, 1.82) is 5.26 Å². The van der Waals surface area contributed by atoms with Crippen molar-refractivity contribution in [2.45, 2.75) is 39.7 Å². The second-order valence-electron chi connectivity index (χ2n) is 5.86. The maximum absolute atomic E-state index is 9.83. The first-order valence-corrected chi connectivity index (χ1v) is 8.28. The molecule has 1 aliphatic rings. The van der Waals surface area contributed by atoms with Crippen molar-refractivity contribution < 1.29 is 4.74 Å². The van der Waals surface area contributed by atoms with Gasteiger partial charge >= 0.3 is 0 Å². The van der Waals surface area contributed by atoms with Crippen LogP contribution in [0.1, 0.15) is 38.3 Å². The summed E-state index contributed by atoms with van der Waals surface area (Å²) in [7, 11) is 0. The molecular formula is C17H22N6O. The summed E-state index contributed by atoms with van der Waals surface area (Å²) in [5.41, 5.74) is 13.7. The third-order valence-corrected chi connectivity index (χ3v) is 4.58. The van der Waals surface area contributed by atoms with Crippen LogP contribution in [0.5, 0.6) is 5.88 Å². The monoisotopic (exact) mass is 326 g/mol. The summed E-state index contributed by atoms with van der Waals surface area (Å²) < 4.78 is 5.86. The second kappa shape index (κ2) is 6.04. The number of hydrogen-bond acceptors (Lipinski definition) is 7. The molecule has 2 aromatic heterocycles. The quantitative estimate of drug-likeness (QED) is 0.885. The van der Waals surface area contributed by atoms with Crippen molar-refractivity contribution in [3.63, 3.8) is 0 Å². The predicted molar refractivity (Wildman–Crippen MR) is 95.0 cm³/mol. The Kier molecular flexibility index (Phi) is 4.06. The lowest BCUT2D eigenvalue weighted by atomic mass is 9.98.